The first kappa shape index (κ1) is 22.1. The van der Waals surface area contributed by atoms with Crippen molar-refractivity contribution in [3.05, 3.63) is 96.1 Å². The third-order valence-corrected chi connectivity index (χ3v) is 5.28. The Morgan fingerprint density at radius 2 is 1.76 bits per heavy atom. The van der Waals surface area contributed by atoms with Crippen LogP contribution in [0.1, 0.15) is 35.8 Å². The van der Waals surface area contributed by atoms with Gasteiger partial charge in [0, 0.05) is 23.3 Å². The van der Waals surface area contributed by atoms with Crippen LogP contribution in [0.15, 0.2) is 79.1 Å². The van der Waals surface area contributed by atoms with Gasteiger partial charge in [-0.1, -0.05) is 30.3 Å². The highest BCUT2D eigenvalue weighted by atomic mass is 19.1. The monoisotopic (exact) mass is 443 g/mol. The fraction of sp³-hybridized carbons (Fsp3) is 0.154. The average molecular weight is 443 g/mol. The Labute approximate surface area is 190 Å². The summed E-state index contributed by atoms with van der Waals surface area (Å²) in [4.78, 5) is 34.4. The van der Waals surface area contributed by atoms with Gasteiger partial charge in [-0.2, -0.15) is 0 Å². The van der Waals surface area contributed by atoms with E-state index < -0.39 is 18.0 Å². The van der Waals surface area contributed by atoms with E-state index in [9.17, 15) is 14.0 Å². The van der Waals surface area contributed by atoms with Gasteiger partial charge in [0.2, 0.25) is 0 Å². The van der Waals surface area contributed by atoms with Crippen molar-refractivity contribution in [3.63, 3.8) is 0 Å². The van der Waals surface area contributed by atoms with Gasteiger partial charge in [0.1, 0.15) is 5.82 Å². The summed E-state index contributed by atoms with van der Waals surface area (Å²) < 4.78 is 18.6. The van der Waals surface area contributed by atoms with E-state index in [1.165, 1.54) is 19.1 Å². The summed E-state index contributed by atoms with van der Waals surface area (Å²) in [5.74, 6) is -1.43. The predicted molar refractivity (Wildman–Crippen MR) is 123 cm³/mol. The molecule has 0 saturated carbocycles. The molecule has 0 spiro atoms. The van der Waals surface area contributed by atoms with Crippen LogP contribution in [0.25, 0.3) is 22.2 Å². The molecule has 2 aromatic heterocycles. The second-order valence-electron chi connectivity index (χ2n) is 7.64. The van der Waals surface area contributed by atoms with E-state index in [1.54, 1.807) is 49.6 Å². The molecule has 4 aromatic rings. The molecule has 1 amide bonds. The van der Waals surface area contributed by atoms with Gasteiger partial charge in [-0.25, -0.2) is 14.2 Å². The van der Waals surface area contributed by atoms with Crippen LogP contribution in [0.4, 0.5) is 4.39 Å². The Balaban J connectivity index is 1.54. The first-order valence-electron chi connectivity index (χ1n) is 10.5. The van der Waals surface area contributed by atoms with Crippen LogP contribution in [0.2, 0.25) is 0 Å². The molecule has 7 heteroatoms. The maximum Gasteiger partial charge on any atom is 0.339 e. The van der Waals surface area contributed by atoms with Crippen molar-refractivity contribution in [1.29, 1.82) is 0 Å². The normalized spacial score (nSPS) is 12.7. The maximum absolute atomic E-state index is 13.1. The quantitative estimate of drug-likeness (QED) is 0.431. The summed E-state index contributed by atoms with van der Waals surface area (Å²) in [6.45, 7) is 3.28. The molecule has 0 bridgehead atoms. The molecule has 2 aromatic carbocycles. The van der Waals surface area contributed by atoms with Crippen LogP contribution in [-0.4, -0.2) is 27.9 Å². The van der Waals surface area contributed by atoms with Gasteiger partial charge in [0.25, 0.3) is 5.91 Å². The molecule has 0 aliphatic heterocycles. The van der Waals surface area contributed by atoms with Crippen LogP contribution in [-0.2, 0) is 9.53 Å². The number of carbonyl (C=O) groups excluding carboxylic acids is 2. The van der Waals surface area contributed by atoms with E-state index in [2.05, 4.69) is 15.3 Å². The maximum atomic E-state index is 13.1. The lowest BCUT2D eigenvalue weighted by molar-refractivity contribution is -0.129. The van der Waals surface area contributed by atoms with E-state index in [0.717, 1.165) is 11.1 Å². The average Bonchev–Trinajstić information content (AvgIpc) is 2.84. The van der Waals surface area contributed by atoms with Gasteiger partial charge in [-0.3, -0.25) is 9.78 Å². The zero-order chi connectivity index (χ0) is 23.4. The topological polar surface area (TPSA) is 81.2 Å². The number of nitrogens with one attached hydrogen (secondary N) is 1. The number of amides is 1. The number of aromatic nitrogens is 2. The van der Waals surface area contributed by atoms with Crippen molar-refractivity contribution < 1.29 is 18.7 Å². The van der Waals surface area contributed by atoms with Gasteiger partial charge in [-0.15, -0.1) is 0 Å². The Hall–Kier alpha value is -4.13. The SMILES string of the molecule is C[C@H](OC(=O)c1cc(-c2cccnc2)nc2ccccc12)C(=O)N[C@@H](C)c1ccc(F)cc1. The number of rotatable bonds is 6. The molecule has 166 valence electrons. The van der Waals surface area contributed by atoms with E-state index >= 15 is 0 Å². The molecule has 0 fully saturated rings. The number of hydrogen-bond acceptors (Lipinski definition) is 5. The number of benzene rings is 2. The smallest absolute Gasteiger partial charge is 0.339 e. The van der Waals surface area contributed by atoms with Gasteiger partial charge in [0.05, 0.1) is 22.8 Å². The summed E-state index contributed by atoms with van der Waals surface area (Å²) in [6, 6.07) is 18.0. The van der Waals surface area contributed by atoms with E-state index in [0.29, 0.717) is 22.2 Å². The molecule has 2 heterocycles. The second kappa shape index (κ2) is 9.56. The molecule has 6 nitrogen and oxygen atoms in total. The molecular formula is C26H22FN3O3. The van der Waals surface area contributed by atoms with Crippen molar-refractivity contribution in [1.82, 2.24) is 15.3 Å². The Morgan fingerprint density at radius 1 is 1.00 bits per heavy atom. The van der Waals surface area contributed by atoms with Crippen LogP contribution < -0.4 is 5.32 Å². The summed E-state index contributed by atoms with van der Waals surface area (Å²) >= 11 is 0. The Bertz CT molecular complexity index is 1290. The van der Waals surface area contributed by atoms with Crippen LogP contribution in [0, 0.1) is 5.82 Å². The lowest BCUT2D eigenvalue weighted by atomic mass is 10.0. The zero-order valence-corrected chi connectivity index (χ0v) is 18.2. The molecular weight excluding hydrogens is 421 g/mol. The molecule has 0 saturated heterocycles. The number of halogens is 1. The van der Waals surface area contributed by atoms with Gasteiger partial charge >= 0.3 is 5.97 Å². The number of fused-ring (bicyclic) bond motifs is 1. The first-order chi connectivity index (χ1) is 15.9. The van der Waals surface area contributed by atoms with Gasteiger partial charge < -0.3 is 10.1 Å². The van der Waals surface area contributed by atoms with Crippen LogP contribution in [0.3, 0.4) is 0 Å². The van der Waals surface area contributed by atoms with Crippen molar-refractivity contribution in [2.45, 2.75) is 26.0 Å². The highest BCUT2D eigenvalue weighted by Crippen LogP contribution is 2.25. The summed E-state index contributed by atoms with van der Waals surface area (Å²) in [7, 11) is 0. The first-order valence-corrected chi connectivity index (χ1v) is 10.5. The molecule has 2 atom stereocenters. The lowest BCUT2D eigenvalue weighted by Gasteiger charge is -2.19. The predicted octanol–water partition coefficient (Wildman–Crippen LogP) is 4.86. The fourth-order valence-corrected chi connectivity index (χ4v) is 3.45. The minimum absolute atomic E-state index is 0.311. The number of nitrogens with zero attached hydrogens (tertiary/aromatic N) is 2. The molecule has 33 heavy (non-hydrogen) atoms. The minimum Gasteiger partial charge on any atom is -0.449 e. The fourth-order valence-electron chi connectivity index (χ4n) is 3.45. The summed E-state index contributed by atoms with van der Waals surface area (Å²) in [6.07, 6.45) is 2.29. The van der Waals surface area contributed by atoms with Crippen molar-refractivity contribution in [3.8, 4) is 11.3 Å². The lowest BCUT2D eigenvalue weighted by Crippen LogP contribution is -2.37. The number of hydrogen-bond donors (Lipinski definition) is 1. The second-order valence-corrected chi connectivity index (χ2v) is 7.64. The number of ether oxygens (including phenoxy) is 1. The molecule has 4 rings (SSSR count). The molecule has 0 unspecified atom stereocenters. The van der Waals surface area contributed by atoms with Gasteiger partial charge in [0.15, 0.2) is 6.10 Å². The zero-order valence-electron chi connectivity index (χ0n) is 18.2. The molecule has 0 aliphatic carbocycles. The van der Waals surface area contributed by atoms with E-state index in [1.807, 2.05) is 24.3 Å². The van der Waals surface area contributed by atoms with E-state index in [4.69, 9.17) is 4.74 Å². The molecule has 0 aliphatic rings. The largest absolute Gasteiger partial charge is 0.449 e. The van der Waals surface area contributed by atoms with E-state index in [-0.39, 0.29) is 11.9 Å². The molecule has 1 N–H and O–H groups in total. The van der Waals surface area contributed by atoms with Crippen molar-refractivity contribution in [2.75, 3.05) is 0 Å². The highest BCUT2D eigenvalue weighted by Gasteiger charge is 2.23. The Kier molecular flexibility index (Phi) is 6.40. The third kappa shape index (κ3) is 5.03. The molecule has 0 radical (unpaired) electrons. The highest BCUT2D eigenvalue weighted by molar-refractivity contribution is 6.05. The Morgan fingerprint density at radius 3 is 2.48 bits per heavy atom. The standard InChI is InChI=1S/C26H22FN3O3/c1-16(18-9-11-20(27)12-10-18)29-25(31)17(2)33-26(32)22-14-24(19-6-5-13-28-15-19)30-23-8-4-3-7-21(22)23/h3-17H,1-2H3,(H,29,31)/t16-,17-/m0/s1. The minimum atomic E-state index is -1.03. The van der Waals surface area contributed by atoms with Crippen molar-refractivity contribution in [2.24, 2.45) is 0 Å². The number of carbonyl (C=O) groups is 2. The number of esters is 1. The summed E-state index contributed by atoms with van der Waals surface area (Å²) in [5.41, 5.74) is 3.02. The van der Waals surface area contributed by atoms with Crippen LogP contribution in [0.5, 0.6) is 0 Å². The summed E-state index contributed by atoms with van der Waals surface area (Å²) in [5, 5.41) is 3.41. The van der Waals surface area contributed by atoms with Crippen LogP contribution >= 0.6 is 0 Å². The number of pyridine rings is 2. The van der Waals surface area contributed by atoms with Crippen molar-refractivity contribution >= 4 is 22.8 Å². The number of para-hydroxylation sites is 1. The van der Waals surface area contributed by atoms with Gasteiger partial charge in [-0.05, 0) is 55.8 Å². The third-order valence-electron chi connectivity index (χ3n) is 5.28.